The van der Waals surface area contributed by atoms with Crippen molar-refractivity contribution in [3.63, 3.8) is 0 Å². The zero-order valence-electron chi connectivity index (χ0n) is 5.70. The zero-order chi connectivity index (χ0) is 5.70. The zero-order valence-corrected chi connectivity index (χ0v) is 10.5. The molecule has 7 heavy (non-hydrogen) atoms. The average Bonchev–Trinajstić information content (AvgIpc) is 1.68. The van der Waals surface area contributed by atoms with Gasteiger partial charge in [0, 0.05) is 9.04 Å². The Balaban J connectivity index is 2.83. The van der Waals surface area contributed by atoms with E-state index in [0.717, 1.165) is 0 Å². The predicted octanol–water partition coefficient (Wildman–Crippen LogP) is -1.26. The highest BCUT2D eigenvalue weighted by atomic mass is 29.5. The minimum absolute atomic E-state index is 0.547. The SMILES string of the molecule is CCC(C)[SiH2][SiH2][SiH3]. The molecule has 0 aromatic rings. The van der Waals surface area contributed by atoms with Gasteiger partial charge in [-0.15, -0.1) is 0 Å². The summed E-state index contributed by atoms with van der Waals surface area (Å²) < 4.78 is 0. The molecule has 0 radical (unpaired) electrons. The summed E-state index contributed by atoms with van der Waals surface area (Å²) in [5.74, 6) is 0. The average molecular weight is 148 g/mol. The molecule has 1 unspecified atom stereocenters. The molecule has 0 spiro atoms. The lowest BCUT2D eigenvalue weighted by Crippen LogP contribution is -2.07. The van der Waals surface area contributed by atoms with Gasteiger partial charge in [0.1, 0.15) is 0 Å². The van der Waals surface area contributed by atoms with Gasteiger partial charge in [0.05, 0.1) is 0 Å². The van der Waals surface area contributed by atoms with Crippen LogP contribution in [-0.4, -0.2) is 27.4 Å². The molecule has 0 N–H and O–H groups in total. The van der Waals surface area contributed by atoms with Crippen LogP contribution < -0.4 is 0 Å². The molecule has 0 saturated carbocycles. The molecule has 0 nitrogen and oxygen atoms in total. The first-order valence-electron chi connectivity index (χ1n) is 3.31. The molecule has 0 rings (SSSR count). The lowest BCUT2D eigenvalue weighted by Gasteiger charge is -2.01. The van der Waals surface area contributed by atoms with Gasteiger partial charge in [-0.1, -0.05) is 25.8 Å². The molecule has 0 amide bonds. The van der Waals surface area contributed by atoms with Crippen LogP contribution in [0.3, 0.4) is 0 Å². The Morgan fingerprint density at radius 2 is 2.29 bits per heavy atom. The van der Waals surface area contributed by atoms with Crippen molar-refractivity contribution in [1.29, 1.82) is 0 Å². The molecule has 0 aliphatic carbocycles. The molecular weight excluding hydrogens is 132 g/mol. The standard InChI is InChI=1S/C4H16Si3/c1-3-4(2)6-7-5/h4H,3,6-7H2,1-2,5H3. The third-order valence-electron chi connectivity index (χ3n) is 1.48. The normalized spacial score (nSPS) is 18.0. The highest BCUT2D eigenvalue weighted by Gasteiger charge is 1.94. The number of rotatable bonds is 3. The number of hydrogen-bond acceptors (Lipinski definition) is 0. The molecule has 0 bridgehead atoms. The van der Waals surface area contributed by atoms with Crippen molar-refractivity contribution in [3.05, 3.63) is 0 Å². The first-order chi connectivity index (χ1) is 3.31. The van der Waals surface area contributed by atoms with Gasteiger partial charge in [-0.2, -0.15) is 0 Å². The van der Waals surface area contributed by atoms with Gasteiger partial charge >= 0.3 is 0 Å². The fourth-order valence-electron chi connectivity index (χ4n) is 0.697. The van der Waals surface area contributed by atoms with Crippen molar-refractivity contribution in [2.75, 3.05) is 0 Å². The van der Waals surface area contributed by atoms with Crippen molar-refractivity contribution in [2.24, 2.45) is 0 Å². The van der Waals surface area contributed by atoms with Crippen LogP contribution in [0.5, 0.6) is 0 Å². The minimum atomic E-state index is 0.547. The second-order valence-electron chi connectivity index (χ2n) is 2.30. The van der Waals surface area contributed by atoms with Gasteiger partial charge in [-0.25, -0.2) is 0 Å². The number of hydrogen-bond donors (Lipinski definition) is 0. The van der Waals surface area contributed by atoms with E-state index in [4.69, 9.17) is 0 Å². The van der Waals surface area contributed by atoms with Crippen LogP contribution >= 0.6 is 0 Å². The van der Waals surface area contributed by atoms with Gasteiger partial charge < -0.3 is 0 Å². The summed E-state index contributed by atoms with van der Waals surface area (Å²) in [6.45, 7) is 4.75. The van der Waals surface area contributed by atoms with E-state index in [2.05, 4.69) is 13.8 Å². The molecule has 0 aliphatic rings. The first-order valence-corrected chi connectivity index (χ1v) is 13.8. The lowest BCUT2D eigenvalue weighted by atomic mass is 10.4. The molecule has 0 saturated heterocycles. The van der Waals surface area contributed by atoms with Crippen molar-refractivity contribution in [1.82, 2.24) is 0 Å². The fraction of sp³-hybridized carbons (Fsp3) is 1.00. The summed E-state index contributed by atoms with van der Waals surface area (Å²) in [4.78, 5) is 0. The monoisotopic (exact) mass is 148 g/mol. The predicted molar refractivity (Wildman–Crippen MR) is 46.7 cm³/mol. The van der Waals surface area contributed by atoms with Gasteiger partial charge in [0.2, 0.25) is 0 Å². The second kappa shape index (κ2) is 4.80. The van der Waals surface area contributed by atoms with E-state index in [1.165, 1.54) is 12.0 Å². The molecule has 0 fully saturated rings. The highest BCUT2D eigenvalue weighted by molar-refractivity contribution is 7.24. The fourth-order valence-corrected chi connectivity index (χ4v) is 15.1. The molecule has 3 heteroatoms. The maximum absolute atomic E-state index is 2.43. The molecule has 0 aliphatic heterocycles. The maximum Gasteiger partial charge on any atom is 0.00806 e. The smallest absolute Gasteiger partial charge is 0.00806 e. The van der Waals surface area contributed by atoms with Crippen molar-refractivity contribution < 1.29 is 0 Å². The van der Waals surface area contributed by atoms with Crippen molar-refractivity contribution in [3.8, 4) is 0 Å². The van der Waals surface area contributed by atoms with Crippen LogP contribution in [0.15, 0.2) is 0 Å². The molecule has 1 atom stereocenters. The topological polar surface area (TPSA) is 0 Å². The van der Waals surface area contributed by atoms with Crippen LogP contribution in [0.1, 0.15) is 20.3 Å². The molecular formula is C4H16Si3. The van der Waals surface area contributed by atoms with E-state index < -0.39 is 0 Å². The second-order valence-corrected chi connectivity index (χ2v) is 19.0. The quantitative estimate of drug-likeness (QED) is 0.438. The Bertz CT molecular complexity index is 37.9. The van der Waals surface area contributed by atoms with Crippen LogP contribution in [0.25, 0.3) is 0 Å². The van der Waals surface area contributed by atoms with Crippen molar-refractivity contribution in [2.45, 2.75) is 25.8 Å². The maximum atomic E-state index is 2.43. The molecule has 0 heterocycles. The van der Waals surface area contributed by atoms with Gasteiger partial charge in [0.15, 0.2) is 0 Å². The third kappa shape index (κ3) is 4.50. The molecule has 44 valence electrons. The highest BCUT2D eigenvalue weighted by Crippen LogP contribution is 2.02. The van der Waals surface area contributed by atoms with Crippen LogP contribution in [0.4, 0.5) is 0 Å². The molecule has 0 aromatic carbocycles. The van der Waals surface area contributed by atoms with E-state index in [0.29, 0.717) is 17.6 Å². The first kappa shape index (κ1) is 7.65. The minimum Gasteiger partial charge on any atom is -0.0657 e. The Hall–Kier alpha value is 0.651. The summed E-state index contributed by atoms with van der Waals surface area (Å²) in [7, 11) is 2.77. The van der Waals surface area contributed by atoms with Gasteiger partial charge in [0.25, 0.3) is 0 Å². The lowest BCUT2D eigenvalue weighted by molar-refractivity contribution is 0.877. The van der Waals surface area contributed by atoms with E-state index in [-0.39, 0.29) is 0 Å². The molecule has 0 aromatic heterocycles. The Labute approximate surface area is 53.7 Å². The Morgan fingerprint density at radius 1 is 1.71 bits per heavy atom. The third-order valence-corrected chi connectivity index (χ3v) is 13.5. The summed E-state index contributed by atoms with van der Waals surface area (Å²) in [6, 6.07) is 0. The van der Waals surface area contributed by atoms with Gasteiger partial charge in [-0.3, -0.25) is 0 Å². The van der Waals surface area contributed by atoms with E-state index in [9.17, 15) is 0 Å². The summed E-state index contributed by atoms with van der Waals surface area (Å²) in [5, 5.41) is 0. The summed E-state index contributed by atoms with van der Waals surface area (Å²) in [6.07, 6.45) is 1.46. The summed E-state index contributed by atoms with van der Waals surface area (Å²) in [5.41, 5.74) is 1.18. The van der Waals surface area contributed by atoms with E-state index in [1.807, 2.05) is 0 Å². The summed E-state index contributed by atoms with van der Waals surface area (Å²) >= 11 is 0. The van der Waals surface area contributed by atoms with Crippen molar-refractivity contribution >= 4 is 27.4 Å². The van der Waals surface area contributed by atoms with E-state index in [1.54, 1.807) is 9.76 Å². The Kier molecular flexibility index (Phi) is 5.25. The van der Waals surface area contributed by atoms with Crippen LogP contribution in [0.2, 0.25) is 5.54 Å². The van der Waals surface area contributed by atoms with Gasteiger partial charge in [-0.05, 0) is 18.3 Å². The Morgan fingerprint density at radius 3 is 2.43 bits per heavy atom. The van der Waals surface area contributed by atoms with E-state index >= 15 is 0 Å². The van der Waals surface area contributed by atoms with Crippen LogP contribution in [-0.2, 0) is 0 Å². The largest absolute Gasteiger partial charge is 0.0657 e. The van der Waals surface area contributed by atoms with Crippen LogP contribution in [0, 0.1) is 0 Å².